The Morgan fingerprint density at radius 3 is 2.48 bits per heavy atom. The Morgan fingerprint density at radius 1 is 1.11 bits per heavy atom. The van der Waals surface area contributed by atoms with E-state index in [4.69, 9.17) is 9.26 Å². The molecule has 2 aromatic carbocycles. The summed E-state index contributed by atoms with van der Waals surface area (Å²) in [5.41, 5.74) is 1.49. The van der Waals surface area contributed by atoms with Crippen LogP contribution < -0.4 is 20.4 Å². The van der Waals surface area contributed by atoms with E-state index in [2.05, 4.69) is 15.9 Å². The lowest BCUT2D eigenvalue weighted by molar-refractivity contribution is -0.670. The van der Waals surface area contributed by atoms with Gasteiger partial charge in [-0.15, -0.1) is 5.75 Å². The van der Waals surface area contributed by atoms with Crippen molar-refractivity contribution in [3.05, 3.63) is 60.3 Å². The Balaban J connectivity index is 1.59. The standard InChI is InChI=1S/C18H16N4O5/c1-2-26-17(24)12-3-5-13(6-4-12)19-18(25)20-16-11-22(21-27-16)14-7-9-15(23)10-8-14/h3-11H,2H2,1H3,(H2-,19,20,21,23,24,25). The molecule has 0 saturated carbocycles. The predicted molar refractivity (Wildman–Crippen MR) is 92.5 cm³/mol. The molecule has 0 aliphatic carbocycles. The Hall–Kier alpha value is -3.88. The molecule has 1 aromatic heterocycles. The second-order valence-corrected chi connectivity index (χ2v) is 5.38. The van der Waals surface area contributed by atoms with Gasteiger partial charge in [0.05, 0.1) is 12.2 Å². The monoisotopic (exact) mass is 368 g/mol. The minimum Gasteiger partial charge on any atom is -0.872 e. The van der Waals surface area contributed by atoms with E-state index in [-0.39, 0.29) is 11.6 Å². The van der Waals surface area contributed by atoms with Gasteiger partial charge in [0.1, 0.15) is 0 Å². The van der Waals surface area contributed by atoms with E-state index < -0.39 is 12.0 Å². The third-order valence-corrected chi connectivity index (χ3v) is 3.46. The van der Waals surface area contributed by atoms with Gasteiger partial charge in [0.15, 0.2) is 0 Å². The smallest absolute Gasteiger partial charge is 0.338 e. The highest BCUT2D eigenvalue weighted by molar-refractivity contribution is 5.99. The molecule has 0 saturated heterocycles. The van der Waals surface area contributed by atoms with E-state index in [9.17, 15) is 14.7 Å². The molecule has 0 atom stereocenters. The van der Waals surface area contributed by atoms with Gasteiger partial charge < -0.3 is 15.2 Å². The van der Waals surface area contributed by atoms with Crippen LogP contribution in [0.25, 0.3) is 5.69 Å². The zero-order valence-corrected chi connectivity index (χ0v) is 14.3. The summed E-state index contributed by atoms with van der Waals surface area (Å²) in [7, 11) is 0. The molecule has 0 bridgehead atoms. The molecule has 1 heterocycles. The summed E-state index contributed by atoms with van der Waals surface area (Å²) >= 11 is 0. The number of nitrogens with one attached hydrogen (secondary N) is 2. The lowest BCUT2D eigenvalue weighted by atomic mass is 10.2. The maximum Gasteiger partial charge on any atom is 0.338 e. The number of nitrogens with zero attached hydrogens (tertiary/aromatic N) is 2. The number of carbonyl (C=O) groups is 2. The van der Waals surface area contributed by atoms with Crippen molar-refractivity contribution < 1.29 is 28.6 Å². The first-order chi connectivity index (χ1) is 13.0. The van der Waals surface area contributed by atoms with E-state index in [1.54, 1.807) is 43.3 Å². The normalized spacial score (nSPS) is 10.3. The molecule has 0 unspecified atom stereocenters. The van der Waals surface area contributed by atoms with Crippen LogP contribution in [0, 0.1) is 0 Å². The number of urea groups is 1. The van der Waals surface area contributed by atoms with Crippen molar-refractivity contribution in [1.29, 1.82) is 0 Å². The SMILES string of the molecule is CCOC(=O)c1ccc(NC(=O)Nc2c[n+](-c3ccc([O-])cc3)no2)cc1. The van der Waals surface area contributed by atoms with Crippen LogP contribution in [0.1, 0.15) is 17.3 Å². The van der Waals surface area contributed by atoms with Crippen molar-refractivity contribution in [3.63, 3.8) is 0 Å². The lowest BCUT2D eigenvalue weighted by Crippen LogP contribution is -2.31. The molecule has 27 heavy (non-hydrogen) atoms. The fourth-order valence-electron chi connectivity index (χ4n) is 2.20. The predicted octanol–water partition coefficient (Wildman–Crippen LogP) is 1.85. The highest BCUT2D eigenvalue weighted by Crippen LogP contribution is 2.12. The van der Waals surface area contributed by atoms with Crippen molar-refractivity contribution in [1.82, 2.24) is 5.27 Å². The van der Waals surface area contributed by atoms with Crippen LogP contribution in [0.4, 0.5) is 16.4 Å². The summed E-state index contributed by atoms with van der Waals surface area (Å²) in [6.07, 6.45) is 1.46. The fourth-order valence-corrected chi connectivity index (χ4v) is 2.20. The number of benzene rings is 2. The summed E-state index contributed by atoms with van der Waals surface area (Å²) in [6, 6.07) is 11.7. The first-order valence-corrected chi connectivity index (χ1v) is 8.06. The average molecular weight is 368 g/mol. The molecule has 0 fully saturated rings. The van der Waals surface area contributed by atoms with Crippen molar-refractivity contribution >= 4 is 23.6 Å². The van der Waals surface area contributed by atoms with Crippen LogP contribution in [-0.4, -0.2) is 23.9 Å². The van der Waals surface area contributed by atoms with Gasteiger partial charge in [-0.2, -0.15) is 0 Å². The number of amides is 2. The van der Waals surface area contributed by atoms with Crippen LogP contribution in [-0.2, 0) is 4.74 Å². The molecule has 138 valence electrons. The van der Waals surface area contributed by atoms with E-state index in [1.165, 1.54) is 23.0 Å². The first kappa shape index (κ1) is 17.9. The average Bonchev–Trinajstić information content (AvgIpc) is 3.11. The zero-order valence-electron chi connectivity index (χ0n) is 14.3. The van der Waals surface area contributed by atoms with E-state index in [0.29, 0.717) is 23.5 Å². The van der Waals surface area contributed by atoms with Crippen LogP contribution in [0.15, 0.2) is 59.3 Å². The number of anilines is 2. The second kappa shape index (κ2) is 8.00. The van der Waals surface area contributed by atoms with Gasteiger partial charge in [0.25, 0.3) is 6.20 Å². The van der Waals surface area contributed by atoms with Crippen LogP contribution >= 0.6 is 0 Å². The minimum atomic E-state index is -0.544. The first-order valence-electron chi connectivity index (χ1n) is 8.06. The Kier molecular flexibility index (Phi) is 5.31. The molecule has 9 nitrogen and oxygen atoms in total. The quantitative estimate of drug-likeness (QED) is 0.524. The Labute approximate surface area is 154 Å². The van der Waals surface area contributed by atoms with Crippen molar-refractivity contribution in [2.75, 3.05) is 17.2 Å². The van der Waals surface area contributed by atoms with Gasteiger partial charge in [-0.1, -0.05) is 12.1 Å². The third kappa shape index (κ3) is 4.60. The molecule has 3 aromatic rings. The molecule has 0 aliphatic rings. The van der Waals surface area contributed by atoms with Gasteiger partial charge in [-0.3, -0.25) is 9.84 Å². The van der Waals surface area contributed by atoms with Gasteiger partial charge in [-0.05, 0) is 35.9 Å². The molecule has 2 amide bonds. The molecule has 9 heteroatoms. The highest BCUT2D eigenvalue weighted by Gasteiger charge is 2.16. The maximum absolute atomic E-state index is 12.0. The highest BCUT2D eigenvalue weighted by atomic mass is 16.5. The zero-order chi connectivity index (χ0) is 19.2. The summed E-state index contributed by atoms with van der Waals surface area (Å²) in [5, 5.41) is 20.0. The van der Waals surface area contributed by atoms with E-state index in [0.717, 1.165) is 0 Å². The van der Waals surface area contributed by atoms with Crippen molar-refractivity contribution in [3.8, 4) is 11.4 Å². The minimum absolute atomic E-state index is 0.113. The molecule has 0 aliphatic heterocycles. The number of carbonyl (C=O) groups excluding carboxylic acids is 2. The number of hydrogen-bond donors (Lipinski definition) is 2. The number of ether oxygens (including phenoxy) is 1. The van der Waals surface area contributed by atoms with Crippen molar-refractivity contribution in [2.24, 2.45) is 0 Å². The van der Waals surface area contributed by atoms with Gasteiger partial charge in [0.2, 0.25) is 11.0 Å². The van der Waals surface area contributed by atoms with E-state index >= 15 is 0 Å². The lowest BCUT2D eigenvalue weighted by Gasteiger charge is -2.05. The molecule has 2 N–H and O–H groups in total. The van der Waals surface area contributed by atoms with Gasteiger partial charge in [0, 0.05) is 17.8 Å². The molecule has 0 spiro atoms. The fraction of sp³-hybridized carbons (Fsp3) is 0.111. The summed E-state index contributed by atoms with van der Waals surface area (Å²) in [6.45, 7) is 2.02. The maximum atomic E-state index is 12.0. The number of esters is 1. The number of hydrogen-bond acceptors (Lipinski definition) is 6. The summed E-state index contributed by atoms with van der Waals surface area (Å²) in [4.78, 5) is 23.6. The molecule has 3 rings (SSSR count). The van der Waals surface area contributed by atoms with Crippen molar-refractivity contribution in [2.45, 2.75) is 6.92 Å². The number of aromatic nitrogens is 2. The second-order valence-electron chi connectivity index (χ2n) is 5.38. The molecule has 0 radical (unpaired) electrons. The Morgan fingerprint density at radius 2 is 1.81 bits per heavy atom. The van der Waals surface area contributed by atoms with Crippen LogP contribution in [0.2, 0.25) is 0 Å². The summed E-state index contributed by atoms with van der Waals surface area (Å²) in [5.74, 6) is -0.430. The van der Waals surface area contributed by atoms with Crippen LogP contribution in [0.3, 0.4) is 0 Å². The van der Waals surface area contributed by atoms with Crippen LogP contribution in [0.5, 0.6) is 5.75 Å². The largest absolute Gasteiger partial charge is 0.872 e. The Bertz CT molecular complexity index is 935. The molecular formula is C18H16N4O5. The summed E-state index contributed by atoms with van der Waals surface area (Å²) < 4.78 is 11.3. The van der Waals surface area contributed by atoms with E-state index in [1.807, 2.05) is 0 Å². The topological polar surface area (TPSA) is 120 Å². The van der Waals surface area contributed by atoms with Gasteiger partial charge >= 0.3 is 17.9 Å². The molecular weight excluding hydrogens is 352 g/mol. The van der Waals surface area contributed by atoms with Gasteiger partial charge in [-0.25, -0.2) is 9.59 Å². The third-order valence-electron chi connectivity index (χ3n) is 3.46. The number of rotatable bonds is 5.